The second-order valence-corrected chi connectivity index (χ2v) is 4.59. The van der Waals surface area contributed by atoms with Gasteiger partial charge in [0.25, 0.3) is 0 Å². The standard InChI is InChI=1S/C15H17FN2/c1-3-11(2)8-12-9-17-10-18-15(12)13-6-4-5-7-14(13)16/h4-7,9-11H,3,8H2,1-2H3. The highest BCUT2D eigenvalue weighted by Crippen LogP contribution is 2.25. The average Bonchev–Trinajstić information content (AvgIpc) is 2.40. The van der Waals surface area contributed by atoms with Crippen LogP contribution in [0, 0.1) is 11.7 Å². The molecule has 0 fully saturated rings. The lowest BCUT2D eigenvalue weighted by Gasteiger charge is -2.12. The van der Waals surface area contributed by atoms with Crippen molar-refractivity contribution in [3.63, 3.8) is 0 Å². The van der Waals surface area contributed by atoms with E-state index >= 15 is 0 Å². The Morgan fingerprint density at radius 3 is 2.78 bits per heavy atom. The average molecular weight is 244 g/mol. The quantitative estimate of drug-likeness (QED) is 0.815. The molecule has 2 rings (SSSR count). The summed E-state index contributed by atoms with van der Waals surface area (Å²) >= 11 is 0. The molecule has 94 valence electrons. The number of aromatic nitrogens is 2. The fraction of sp³-hybridized carbons (Fsp3) is 0.333. The van der Waals surface area contributed by atoms with Crippen molar-refractivity contribution in [2.45, 2.75) is 26.7 Å². The van der Waals surface area contributed by atoms with Gasteiger partial charge in [0.15, 0.2) is 0 Å². The molecule has 0 saturated carbocycles. The summed E-state index contributed by atoms with van der Waals surface area (Å²) in [4.78, 5) is 8.30. The van der Waals surface area contributed by atoms with E-state index in [-0.39, 0.29) is 5.82 Å². The van der Waals surface area contributed by atoms with E-state index in [2.05, 4.69) is 23.8 Å². The van der Waals surface area contributed by atoms with Crippen LogP contribution in [0.5, 0.6) is 0 Å². The van der Waals surface area contributed by atoms with Gasteiger partial charge in [0.05, 0.1) is 5.69 Å². The molecule has 3 heteroatoms. The molecule has 0 radical (unpaired) electrons. The zero-order valence-electron chi connectivity index (χ0n) is 10.7. The highest BCUT2D eigenvalue weighted by atomic mass is 19.1. The first kappa shape index (κ1) is 12.7. The van der Waals surface area contributed by atoms with Crippen molar-refractivity contribution in [1.82, 2.24) is 9.97 Å². The van der Waals surface area contributed by atoms with E-state index in [4.69, 9.17) is 0 Å². The van der Waals surface area contributed by atoms with Crippen molar-refractivity contribution in [1.29, 1.82) is 0 Å². The van der Waals surface area contributed by atoms with Crippen LogP contribution in [0.2, 0.25) is 0 Å². The lowest BCUT2D eigenvalue weighted by Crippen LogP contribution is -2.02. The first-order chi connectivity index (χ1) is 8.72. The Labute approximate surface area is 107 Å². The summed E-state index contributed by atoms with van der Waals surface area (Å²) in [5.41, 5.74) is 2.28. The number of hydrogen-bond donors (Lipinski definition) is 0. The van der Waals surface area contributed by atoms with Gasteiger partial charge in [-0.15, -0.1) is 0 Å². The van der Waals surface area contributed by atoms with E-state index in [9.17, 15) is 4.39 Å². The van der Waals surface area contributed by atoms with Gasteiger partial charge in [-0.05, 0) is 30.0 Å². The molecule has 1 unspecified atom stereocenters. The summed E-state index contributed by atoms with van der Waals surface area (Å²) in [7, 11) is 0. The maximum absolute atomic E-state index is 13.8. The summed E-state index contributed by atoms with van der Waals surface area (Å²) in [6, 6.07) is 6.74. The van der Waals surface area contributed by atoms with Crippen LogP contribution in [-0.4, -0.2) is 9.97 Å². The molecule has 18 heavy (non-hydrogen) atoms. The molecule has 0 aliphatic heterocycles. The van der Waals surface area contributed by atoms with Crippen LogP contribution in [0.25, 0.3) is 11.3 Å². The largest absolute Gasteiger partial charge is 0.244 e. The van der Waals surface area contributed by atoms with Gasteiger partial charge in [-0.1, -0.05) is 32.4 Å². The Kier molecular flexibility index (Phi) is 4.03. The van der Waals surface area contributed by atoms with Gasteiger partial charge in [-0.2, -0.15) is 0 Å². The highest BCUT2D eigenvalue weighted by Gasteiger charge is 2.12. The van der Waals surface area contributed by atoms with Gasteiger partial charge in [0.2, 0.25) is 0 Å². The van der Waals surface area contributed by atoms with E-state index in [1.807, 2.05) is 6.07 Å². The zero-order chi connectivity index (χ0) is 13.0. The van der Waals surface area contributed by atoms with E-state index in [1.54, 1.807) is 18.3 Å². The Balaban J connectivity index is 2.42. The minimum Gasteiger partial charge on any atom is -0.244 e. The van der Waals surface area contributed by atoms with Crippen molar-refractivity contribution in [3.8, 4) is 11.3 Å². The Hall–Kier alpha value is -1.77. The summed E-state index contributed by atoms with van der Waals surface area (Å²) in [6.07, 6.45) is 5.23. The van der Waals surface area contributed by atoms with Crippen molar-refractivity contribution >= 4 is 0 Å². The van der Waals surface area contributed by atoms with Crippen LogP contribution < -0.4 is 0 Å². The van der Waals surface area contributed by atoms with Gasteiger partial charge < -0.3 is 0 Å². The first-order valence-corrected chi connectivity index (χ1v) is 6.26. The summed E-state index contributed by atoms with van der Waals surface area (Å²) in [5.74, 6) is 0.308. The second kappa shape index (κ2) is 5.71. The summed E-state index contributed by atoms with van der Waals surface area (Å²) in [6.45, 7) is 4.33. The fourth-order valence-corrected chi connectivity index (χ4v) is 1.92. The molecule has 1 heterocycles. The van der Waals surface area contributed by atoms with Crippen LogP contribution in [0.15, 0.2) is 36.8 Å². The first-order valence-electron chi connectivity index (χ1n) is 6.26. The SMILES string of the molecule is CCC(C)Cc1cncnc1-c1ccccc1F. The third kappa shape index (κ3) is 2.73. The van der Waals surface area contributed by atoms with Crippen LogP contribution in [-0.2, 0) is 6.42 Å². The van der Waals surface area contributed by atoms with Gasteiger partial charge in [0, 0.05) is 11.8 Å². The van der Waals surface area contributed by atoms with Gasteiger partial charge >= 0.3 is 0 Å². The monoisotopic (exact) mass is 244 g/mol. The number of benzene rings is 1. The number of hydrogen-bond acceptors (Lipinski definition) is 2. The van der Waals surface area contributed by atoms with Gasteiger partial charge in [0.1, 0.15) is 12.1 Å². The van der Waals surface area contributed by atoms with Crippen LogP contribution >= 0.6 is 0 Å². The lowest BCUT2D eigenvalue weighted by molar-refractivity contribution is 0.558. The molecule has 0 aliphatic rings. The molecule has 2 aromatic rings. The van der Waals surface area contributed by atoms with E-state index in [0.717, 1.165) is 18.4 Å². The molecular formula is C15H17FN2. The van der Waals surface area contributed by atoms with Gasteiger partial charge in [-0.25, -0.2) is 14.4 Å². The maximum atomic E-state index is 13.8. The predicted octanol–water partition coefficient (Wildman–Crippen LogP) is 3.87. The summed E-state index contributed by atoms with van der Waals surface area (Å²) in [5, 5.41) is 0. The van der Waals surface area contributed by atoms with Crippen molar-refractivity contribution in [2.75, 3.05) is 0 Å². The topological polar surface area (TPSA) is 25.8 Å². The minimum atomic E-state index is -0.235. The molecule has 0 aliphatic carbocycles. The fourth-order valence-electron chi connectivity index (χ4n) is 1.92. The zero-order valence-corrected chi connectivity index (χ0v) is 10.7. The highest BCUT2D eigenvalue weighted by molar-refractivity contribution is 5.63. The van der Waals surface area contributed by atoms with Crippen molar-refractivity contribution in [2.24, 2.45) is 5.92 Å². The molecule has 1 atom stereocenters. The second-order valence-electron chi connectivity index (χ2n) is 4.59. The van der Waals surface area contributed by atoms with Crippen molar-refractivity contribution < 1.29 is 4.39 Å². The lowest BCUT2D eigenvalue weighted by atomic mass is 9.96. The molecule has 0 bridgehead atoms. The normalized spacial score (nSPS) is 12.4. The van der Waals surface area contributed by atoms with Crippen LogP contribution in [0.1, 0.15) is 25.8 Å². The maximum Gasteiger partial charge on any atom is 0.132 e. The number of halogens is 1. The number of rotatable bonds is 4. The smallest absolute Gasteiger partial charge is 0.132 e. The Morgan fingerprint density at radius 2 is 2.06 bits per heavy atom. The molecule has 0 amide bonds. The van der Waals surface area contributed by atoms with Crippen LogP contribution in [0.4, 0.5) is 4.39 Å². The molecule has 0 N–H and O–H groups in total. The molecule has 0 spiro atoms. The molecule has 1 aromatic carbocycles. The number of nitrogens with zero attached hydrogens (tertiary/aromatic N) is 2. The molecule has 1 aromatic heterocycles. The summed E-state index contributed by atoms with van der Waals surface area (Å²) < 4.78 is 13.8. The Bertz CT molecular complexity index is 525. The Morgan fingerprint density at radius 1 is 1.28 bits per heavy atom. The van der Waals surface area contributed by atoms with E-state index in [1.165, 1.54) is 12.4 Å². The third-order valence-corrected chi connectivity index (χ3v) is 3.18. The third-order valence-electron chi connectivity index (χ3n) is 3.18. The minimum absolute atomic E-state index is 0.235. The molecular weight excluding hydrogens is 227 g/mol. The van der Waals surface area contributed by atoms with E-state index < -0.39 is 0 Å². The van der Waals surface area contributed by atoms with Crippen LogP contribution in [0.3, 0.4) is 0 Å². The van der Waals surface area contributed by atoms with Crippen molar-refractivity contribution in [3.05, 3.63) is 48.2 Å². The van der Waals surface area contributed by atoms with Gasteiger partial charge in [-0.3, -0.25) is 0 Å². The predicted molar refractivity (Wildman–Crippen MR) is 70.6 cm³/mol. The van der Waals surface area contributed by atoms with E-state index in [0.29, 0.717) is 17.2 Å². The molecule has 0 saturated heterocycles. The molecule has 2 nitrogen and oxygen atoms in total.